The second-order valence-corrected chi connectivity index (χ2v) is 5.20. The predicted molar refractivity (Wildman–Crippen MR) is 82.7 cm³/mol. The van der Waals surface area contributed by atoms with E-state index < -0.39 is 0 Å². The first-order valence-corrected chi connectivity index (χ1v) is 6.81. The molecule has 3 nitrogen and oxygen atoms in total. The monoisotopic (exact) mass is 296 g/mol. The maximum Gasteiger partial charge on any atom is 0.193 e. The van der Waals surface area contributed by atoms with Crippen LogP contribution in [0.15, 0.2) is 68.2 Å². The lowest BCUT2D eigenvalue weighted by Gasteiger charge is -2.00. The Hall–Kier alpha value is -2.52. The highest BCUT2D eigenvalue weighted by Crippen LogP contribution is 2.29. The molecule has 4 rings (SSSR count). The van der Waals surface area contributed by atoms with Gasteiger partial charge in [-0.3, -0.25) is 4.79 Å². The van der Waals surface area contributed by atoms with Gasteiger partial charge in [-0.05, 0) is 30.3 Å². The lowest BCUT2D eigenvalue weighted by molar-refractivity contribution is 0.562. The van der Waals surface area contributed by atoms with E-state index >= 15 is 0 Å². The number of rotatable bonds is 1. The van der Waals surface area contributed by atoms with Gasteiger partial charge in [-0.15, -0.1) is 0 Å². The summed E-state index contributed by atoms with van der Waals surface area (Å²) in [5.41, 5.74) is 1.10. The van der Waals surface area contributed by atoms with E-state index in [1.54, 1.807) is 18.2 Å². The Kier molecular flexibility index (Phi) is 2.62. The van der Waals surface area contributed by atoms with Crippen LogP contribution in [0, 0.1) is 0 Å². The van der Waals surface area contributed by atoms with Gasteiger partial charge in [0.05, 0.1) is 5.39 Å². The molecular weight excluding hydrogens is 288 g/mol. The number of fused-ring (bicyclic) bond motifs is 2. The highest BCUT2D eigenvalue weighted by Gasteiger charge is 2.11. The third kappa shape index (κ3) is 2.03. The Balaban J connectivity index is 1.98. The summed E-state index contributed by atoms with van der Waals surface area (Å²) in [5, 5.41) is 1.93. The minimum Gasteiger partial charge on any atom is -0.453 e. The van der Waals surface area contributed by atoms with Crippen LogP contribution in [0.1, 0.15) is 0 Å². The van der Waals surface area contributed by atoms with Crippen LogP contribution in [0.3, 0.4) is 0 Å². The van der Waals surface area contributed by atoms with Gasteiger partial charge in [0.15, 0.2) is 16.9 Å². The van der Waals surface area contributed by atoms with Gasteiger partial charge in [0.2, 0.25) is 0 Å². The third-order valence-electron chi connectivity index (χ3n) is 3.36. The minimum atomic E-state index is -0.144. The van der Waals surface area contributed by atoms with Gasteiger partial charge < -0.3 is 8.83 Å². The number of para-hydroxylation sites is 1. The molecule has 0 saturated carbocycles. The Morgan fingerprint density at radius 3 is 2.43 bits per heavy atom. The smallest absolute Gasteiger partial charge is 0.193 e. The number of benzene rings is 2. The van der Waals surface area contributed by atoms with Gasteiger partial charge in [0.25, 0.3) is 0 Å². The Morgan fingerprint density at radius 2 is 1.57 bits per heavy atom. The highest BCUT2D eigenvalue weighted by atomic mass is 35.5. The molecule has 0 aliphatic carbocycles. The van der Waals surface area contributed by atoms with Crippen LogP contribution in [-0.4, -0.2) is 0 Å². The topological polar surface area (TPSA) is 43.4 Å². The van der Waals surface area contributed by atoms with E-state index in [9.17, 15) is 4.79 Å². The molecule has 0 aliphatic rings. The molecule has 0 amide bonds. The maximum absolute atomic E-state index is 12.2. The first kappa shape index (κ1) is 12.2. The average Bonchev–Trinajstić information content (AvgIpc) is 2.92. The minimum absolute atomic E-state index is 0.144. The predicted octanol–water partition coefficient (Wildman–Crippen LogP) is 4.86. The second kappa shape index (κ2) is 4.50. The largest absolute Gasteiger partial charge is 0.453 e. The van der Waals surface area contributed by atoms with Gasteiger partial charge in [-0.2, -0.15) is 0 Å². The molecule has 4 heteroatoms. The second-order valence-electron chi connectivity index (χ2n) is 4.76. The van der Waals surface area contributed by atoms with E-state index in [4.69, 9.17) is 20.4 Å². The molecule has 0 unspecified atom stereocenters. The molecule has 4 aromatic rings. The molecule has 0 spiro atoms. The number of hydrogen-bond acceptors (Lipinski definition) is 3. The molecule has 2 aromatic carbocycles. The van der Waals surface area contributed by atoms with E-state index in [0.717, 1.165) is 11.0 Å². The summed E-state index contributed by atoms with van der Waals surface area (Å²) in [4.78, 5) is 12.2. The fourth-order valence-corrected chi connectivity index (χ4v) is 2.53. The Bertz CT molecular complexity index is 994. The lowest BCUT2D eigenvalue weighted by atomic mass is 10.2. The molecule has 2 heterocycles. The van der Waals surface area contributed by atoms with Crippen molar-refractivity contribution in [2.75, 3.05) is 0 Å². The molecule has 0 saturated heterocycles. The quantitative estimate of drug-likeness (QED) is 0.504. The van der Waals surface area contributed by atoms with Crippen LogP contribution < -0.4 is 5.43 Å². The fraction of sp³-hybridized carbons (Fsp3) is 0. The molecule has 0 aliphatic heterocycles. The van der Waals surface area contributed by atoms with Gasteiger partial charge in [-0.25, -0.2) is 0 Å². The SMILES string of the molecule is O=c1cc(-c2cc3ccccc3o2)oc2ccc(Cl)cc12. The van der Waals surface area contributed by atoms with Crippen molar-refractivity contribution in [2.24, 2.45) is 0 Å². The number of halogens is 1. The molecule has 0 radical (unpaired) electrons. The van der Waals surface area contributed by atoms with Crippen molar-refractivity contribution < 1.29 is 8.83 Å². The van der Waals surface area contributed by atoms with Gasteiger partial charge in [0, 0.05) is 16.5 Å². The van der Waals surface area contributed by atoms with E-state index in [1.165, 1.54) is 6.07 Å². The normalized spacial score (nSPS) is 11.3. The van der Waals surface area contributed by atoms with E-state index in [2.05, 4.69) is 0 Å². The van der Waals surface area contributed by atoms with Crippen molar-refractivity contribution in [1.29, 1.82) is 0 Å². The van der Waals surface area contributed by atoms with Crippen LogP contribution in [0.2, 0.25) is 5.02 Å². The fourth-order valence-electron chi connectivity index (χ4n) is 2.35. The summed E-state index contributed by atoms with van der Waals surface area (Å²) in [6.45, 7) is 0. The van der Waals surface area contributed by atoms with E-state index in [0.29, 0.717) is 27.5 Å². The zero-order valence-electron chi connectivity index (χ0n) is 10.8. The van der Waals surface area contributed by atoms with Gasteiger partial charge in [-0.1, -0.05) is 29.8 Å². The lowest BCUT2D eigenvalue weighted by Crippen LogP contribution is -1.99. The molecule has 21 heavy (non-hydrogen) atoms. The molecular formula is C17H9ClO3. The molecule has 102 valence electrons. The zero-order chi connectivity index (χ0) is 14.4. The highest BCUT2D eigenvalue weighted by molar-refractivity contribution is 6.31. The summed E-state index contributed by atoms with van der Waals surface area (Å²) < 4.78 is 11.5. The van der Waals surface area contributed by atoms with E-state index in [1.807, 2.05) is 30.3 Å². The molecule has 0 fully saturated rings. The maximum atomic E-state index is 12.2. The van der Waals surface area contributed by atoms with Crippen molar-refractivity contribution in [1.82, 2.24) is 0 Å². The van der Waals surface area contributed by atoms with Crippen LogP contribution in [0.4, 0.5) is 0 Å². The molecule has 2 aromatic heterocycles. The van der Waals surface area contributed by atoms with Gasteiger partial charge >= 0.3 is 0 Å². The number of hydrogen-bond donors (Lipinski definition) is 0. The van der Waals surface area contributed by atoms with E-state index in [-0.39, 0.29) is 5.43 Å². The first-order valence-electron chi connectivity index (χ1n) is 6.43. The summed E-state index contributed by atoms with van der Waals surface area (Å²) in [6, 6.07) is 15.9. The van der Waals surface area contributed by atoms with Crippen molar-refractivity contribution in [3.63, 3.8) is 0 Å². The van der Waals surface area contributed by atoms with Crippen LogP contribution in [-0.2, 0) is 0 Å². The van der Waals surface area contributed by atoms with Crippen LogP contribution in [0.25, 0.3) is 33.5 Å². The van der Waals surface area contributed by atoms with Crippen molar-refractivity contribution >= 4 is 33.5 Å². The van der Waals surface area contributed by atoms with Gasteiger partial charge in [0.1, 0.15) is 11.2 Å². The Morgan fingerprint density at radius 1 is 0.810 bits per heavy atom. The summed E-state index contributed by atoms with van der Waals surface area (Å²) in [7, 11) is 0. The molecule has 0 N–H and O–H groups in total. The third-order valence-corrected chi connectivity index (χ3v) is 3.59. The molecule has 0 bridgehead atoms. The number of furan rings is 1. The first-order chi connectivity index (χ1) is 10.2. The summed E-state index contributed by atoms with van der Waals surface area (Å²) in [5.74, 6) is 0.941. The molecule has 0 atom stereocenters. The summed E-state index contributed by atoms with van der Waals surface area (Å²) in [6.07, 6.45) is 0. The standard InChI is InChI=1S/C17H9ClO3/c18-11-5-6-15-12(8-11)13(19)9-17(21-15)16-7-10-3-1-2-4-14(10)20-16/h1-9H. The van der Waals surface area contributed by atoms with Crippen molar-refractivity contribution in [3.05, 3.63) is 69.8 Å². The van der Waals surface area contributed by atoms with Crippen molar-refractivity contribution in [2.45, 2.75) is 0 Å². The van der Waals surface area contributed by atoms with Crippen molar-refractivity contribution in [3.8, 4) is 11.5 Å². The van der Waals surface area contributed by atoms with Crippen LogP contribution in [0.5, 0.6) is 0 Å². The van der Waals surface area contributed by atoms with Crippen LogP contribution >= 0.6 is 11.6 Å². The zero-order valence-corrected chi connectivity index (χ0v) is 11.6. The summed E-state index contributed by atoms with van der Waals surface area (Å²) >= 11 is 5.90. The Labute approximate surface area is 124 Å². The average molecular weight is 297 g/mol.